The zero-order valence-corrected chi connectivity index (χ0v) is 15.0. The normalized spacial score (nSPS) is 16.8. The van der Waals surface area contributed by atoms with Crippen LogP contribution >= 0.6 is 0 Å². The molecule has 3 rings (SSSR count). The number of carbonyl (C=O) groups excluding carboxylic acids is 1. The van der Waals surface area contributed by atoms with Crippen molar-refractivity contribution in [3.05, 3.63) is 59.4 Å². The fourth-order valence-electron chi connectivity index (χ4n) is 3.26. The summed E-state index contributed by atoms with van der Waals surface area (Å²) in [6.45, 7) is 6.92. The monoisotopic (exact) mass is 336 g/mol. The van der Waals surface area contributed by atoms with Crippen LogP contribution in [0.5, 0.6) is 0 Å². The van der Waals surface area contributed by atoms with E-state index in [1.54, 1.807) is 19.9 Å². The Bertz CT molecular complexity index is 833. The number of aromatic nitrogens is 1. The van der Waals surface area contributed by atoms with Gasteiger partial charge in [0.05, 0.1) is 6.04 Å². The van der Waals surface area contributed by atoms with Gasteiger partial charge in [-0.15, -0.1) is 0 Å². The van der Waals surface area contributed by atoms with Gasteiger partial charge in [-0.1, -0.05) is 24.8 Å². The molecular formula is C21H24N2O2. The summed E-state index contributed by atoms with van der Waals surface area (Å²) in [6, 6.07) is 11.6. The minimum absolute atomic E-state index is 0.0335. The molecule has 4 heteroatoms. The number of hydrogen-bond acceptors (Lipinski definition) is 2. The van der Waals surface area contributed by atoms with Gasteiger partial charge in [0.2, 0.25) is 0 Å². The van der Waals surface area contributed by atoms with Crippen LogP contribution < -0.4 is 0 Å². The highest BCUT2D eigenvalue weighted by Crippen LogP contribution is 2.30. The minimum atomic E-state index is -1.05. The smallest absolute Gasteiger partial charge is 0.254 e. The Labute approximate surface area is 149 Å². The van der Waals surface area contributed by atoms with E-state index in [-0.39, 0.29) is 11.9 Å². The molecule has 4 nitrogen and oxygen atoms in total. The Balaban J connectivity index is 1.87. The van der Waals surface area contributed by atoms with Crippen molar-refractivity contribution in [3.8, 4) is 11.8 Å². The minimum Gasteiger partial charge on any atom is -0.378 e. The van der Waals surface area contributed by atoms with Crippen LogP contribution in [-0.4, -0.2) is 32.6 Å². The van der Waals surface area contributed by atoms with Gasteiger partial charge in [0.15, 0.2) is 0 Å². The first kappa shape index (κ1) is 17.3. The number of carbonyl (C=O) groups is 1. The summed E-state index contributed by atoms with van der Waals surface area (Å²) >= 11 is 0. The van der Waals surface area contributed by atoms with E-state index in [1.807, 2.05) is 29.2 Å². The van der Waals surface area contributed by atoms with Crippen LogP contribution in [0.2, 0.25) is 0 Å². The molecule has 0 aliphatic carbocycles. The van der Waals surface area contributed by atoms with Crippen LogP contribution in [-0.2, 0) is 6.54 Å². The molecule has 0 radical (unpaired) electrons. The Morgan fingerprint density at radius 2 is 2.08 bits per heavy atom. The van der Waals surface area contributed by atoms with E-state index in [0.717, 1.165) is 18.5 Å². The number of nitrogens with zero attached hydrogens (tertiary/aromatic N) is 2. The third-order valence-electron chi connectivity index (χ3n) is 4.43. The molecule has 1 N–H and O–H groups in total. The first-order valence-corrected chi connectivity index (χ1v) is 8.70. The topological polar surface area (TPSA) is 45.5 Å². The average molecular weight is 336 g/mol. The molecule has 1 aliphatic heterocycles. The maximum atomic E-state index is 13.1. The second-order valence-electron chi connectivity index (χ2n) is 6.94. The highest BCUT2D eigenvalue weighted by Gasteiger charge is 2.30. The zero-order valence-electron chi connectivity index (χ0n) is 15.0. The van der Waals surface area contributed by atoms with E-state index in [4.69, 9.17) is 0 Å². The highest BCUT2D eigenvalue weighted by atomic mass is 16.3. The van der Waals surface area contributed by atoms with Crippen molar-refractivity contribution in [3.63, 3.8) is 0 Å². The molecule has 1 aliphatic rings. The maximum absolute atomic E-state index is 13.1. The van der Waals surface area contributed by atoms with Gasteiger partial charge in [0.25, 0.3) is 5.91 Å². The summed E-state index contributed by atoms with van der Waals surface area (Å²) in [4.78, 5) is 15.0. The maximum Gasteiger partial charge on any atom is 0.254 e. The molecule has 2 heterocycles. The van der Waals surface area contributed by atoms with Crippen LogP contribution in [0.1, 0.15) is 54.8 Å². The van der Waals surface area contributed by atoms with E-state index in [2.05, 4.69) is 35.6 Å². The lowest BCUT2D eigenvalue weighted by atomic mass is 10.0. The van der Waals surface area contributed by atoms with Gasteiger partial charge in [-0.05, 0) is 50.6 Å². The summed E-state index contributed by atoms with van der Waals surface area (Å²) in [6.07, 6.45) is 2.96. The molecule has 1 atom stereocenters. The van der Waals surface area contributed by atoms with Crippen molar-refractivity contribution >= 4 is 5.91 Å². The van der Waals surface area contributed by atoms with Crippen molar-refractivity contribution in [2.24, 2.45) is 0 Å². The molecule has 25 heavy (non-hydrogen) atoms. The van der Waals surface area contributed by atoms with E-state index < -0.39 is 5.60 Å². The predicted molar refractivity (Wildman–Crippen MR) is 98.1 cm³/mol. The number of benzene rings is 1. The standard InChI is InChI=1S/C21H24N2O2/c1-4-18-19-9-6-12-22(19)13-14-23(18)20(24)17-8-5-7-16(15-17)10-11-21(2,3)25/h5-9,12,15,18,25H,4,13-14H2,1-3H3/t18-/m1/s1. The van der Waals surface area contributed by atoms with Crippen molar-refractivity contribution in [2.75, 3.05) is 6.54 Å². The molecule has 0 saturated heterocycles. The molecule has 1 amide bonds. The van der Waals surface area contributed by atoms with E-state index in [0.29, 0.717) is 12.1 Å². The Kier molecular flexibility index (Phi) is 4.69. The Morgan fingerprint density at radius 1 is 1.28 bits per heavy atom. The molecule has 130 valence electrons. The van der Waals surface area contributed by atoms with Gasteiger partial charge in [-0.3, -0.25) is 4.79 Å². The van der Waals surface area contributed by atoms with Gasteiger partial charge < -0.3 is 14.6 Å². The first-order valence-electron chi connectivity index (χ1n) is 8.70. The van der Waals surface area contributed by atoms with Gasteiger partial charge in [0.1, 0.15) is 5.60 Å². The second kappa shape index (κ2) is 6.78. The Morgan fingerprint density at radius 3 is 2.80 bits per heavy atom. The molecule has 0 bridgehead atoms. The van der Waals surface area contributed by atoms with Crippen molar-refractivity contribution < 1.29 is 9.90 Å². The summed E-state index contributed by atoms with van der Waals surface area (Å²) in [5.74, 6) is 5.77. The molecule has 0 spiro atoms. The fourth-order valence-corrected chi connectivity index (χ4v) is 3.26. The number of fused-ring (bicyclic) bond motifs is 1. The van der Waals surface area contributed by atoms with Gasteiger partial charge in [-0.25, -0.2) is 0 Å². The number of aliphatic hydroxyl groups is 1. The van der Waals surface area contributed by atoms with Crippen molar-refractivity contribution in [2.45, 2.75) is 45.4 Å². The summed E-state index contributed by atoms with van der Waals surface area (Å²) in [5.41, 5.74) is 1.52. The number of rotatable bonds is 2. The molecular weight excluding hydrogens is 312 g/mol. The van der Waals surface area contributed by atoms with Crippen LogP contribution in [0.4, 0.5) is 0 Å². The van der Waals surface area contributed by atoms with Gasteiger partial charge in [-0.2, -0.15) is 0 Å². The van der Waals surface area contributed by atoms with E-state index in [9.17, 15) is 9.90 Å². The molecule has 0 saturated carbocycles. The number of amides is 1. The summed E-state index contributed by atoms with van der Waals surface area (Å²) < 4.78 is 2.23. The lowest BCUT2D eigenvalue weighted by Crippen LogP contribution is -2.41. The van der Waals surface area contributed by atoms with Gasteiger partial charge >= 0.3 is 0 Å². The quantitative estimate of drug-likeness (QED) is 0.856. The van der Waals surface area contributed by atoms with Crippen molar-refractivity contribution in [1.82, 2.24) is 9.47 Å². The van der Waals surface area contributed by atoms with Crippen LogP contribution in [0.25, 0.3) is 0 Å². The number of hydrogen-bond donors (Lipinski definition) is 1. The predicted octanol–water partition coefficient (Wildman–Crippen LogP) is 3.22. The third kappa shape index (κ3) is 3.78. The SMILES string of the molecule is CC[C@@H]1c2cccn2CCN1C(=O)c1cccc(C#CC(C)(C)O)c1. The van der Waals surface area contributed by atoms with E-state index >= 15 is 0 Å². The first-order chi connectivity index (χ1) is 11.9. The zero-order chi connectivity index (χ0) is 18.0. The summed E-state index contributed by atoms with van der Waals surface area (Å²) in [5, 5.41) is 9.75. The molecule has 2 aromatic rings. The summed E-state index contributed by atoms with van der Waals surface area (Å²) in [7, 11) is 0. The van der Waals surface area contributed by atoms with Gasteiger partial charge in [0, 0.05) is 36.1 Å². The van der Waals surface area contributed by atoms with Crippen LogP contribution in [0.3, 0.4) is 0 Å². The van der Waals surface area contributed by atoms with Crippen LogP contribution in [0, 0.1) is 11.8 Å². The van der Waals surface area contributed by atoms with Crippen molar-refractivity contribution in [1.29, 1.82) is 0 Å². The lowest BCUT2D eigenvalue weighted by molar-refractivity contribution is 0.0618. The van der Waals surface area contributed by atoms with Crippen LogP contribution in [0.15, 0.2) is 42.6 Å². The molecule has 0 fully saturated rings. The largest absolute Gasteiger partial charge is 0.378 e. The van der Waals surface area contributed by atoms with E-state index in [1.165, 1.54) is 5.69 Å². The highest BCUT2D eigenvalue weighted by molar-refractivity contribution is 5.95. The second-order valence-corrected chi connectivity index (χ2v) is 6.94. The third-order valence-corrected chi connectivity index (χ3v) is 4.43. The Hall–Kier alpha value is -2.51. The molecule has 0 unspecified atom stereocenters. The average Bonchev–Trinajstić information content (AvgIpc) is 3.07. The molecule has 1 aromatic carbocycles. The fraction of sp³-hybridized carbons (Fsp3) is 0.381. The molecule has 1 aromatic heterocycles. The lowest BCUT2D eigenvalue weighted by Gasteiger charge is -2.36.